The molecule has 0 aliphatic carbocycles. The zero-order chi connectivity index (χ0) is 20.4. The van der Waals surface area contributed by atoms with E-state index in [1.807, 2.05) is 36.4 Å². The maximum Gasteiger partial charge on any atom is 0.210 e. The summed E-state index contributed by atoms with van der Waals surface area (Å²) in [4.78, 5) is 12.4. The number of carbonyl (C=O) groups excluding carboxylic acids is 1. The van der Waals surface area contributed by atoms with Gasteiger partial charge < -0.3 is 5.84 Å². The maximum atomic E-state index is 12.4. The molecule has 0 amide bonds. The predicted molar refractivity (Wildman–Crippen MR) is 115 cm³/mol. The lowest BCUT2D eigenvalue weighted by Gasteiger charge is -2.03. The zero-order valence-corrected chi connectivity index (χ0v) is 17.2. The second-order valence-corrected chi connectivity index (χ2v) is 7.81. The van der Waals surface area contributed by atoms with Crippen molar-refractivity contribution in [3.05, 3.63) is 70.2 Å². The van der Waals surface area contributed by atoms with Gasteiger partial charge in [-0.15, -0.1) is 10.2 Å². The summed E-state index contributed by atoms with van der Waals surface area (Å²) in [6.07, 6.45) is 0. The highest BCUT2D eigenvalue weighted by atomic mass is 35.5. The molecule has 29 heavy (non-hydrogen) atoms. The van der Waals surface area contributed by atoms with Gasteiger partial charge in [-0.2, -0.15) is 5.10 Å². The highest BCUT2D eigenvalue weighted by molar-refractivity contribution is 7.99. The number of nitrogen functional groups attached to an aromatic ring is 1. The average molecular weight is 445 g/mol. The third-order valence-corrected chi connectivity index (χ3v) is 5.81. The van der Waals surface area contributed by atoms with Crippen LogP contribution in [0.3, 0.4) is 0 Å². The third-order valence-electron chi connectivity index (χ3n) is 4.13. The lowest BCUT2D eigenvalue weighted by Crippen LogP contribution is -2.13. The molecule has 10 heteroatoms. The van der Waals surface area contributed by atoms with E-state index in [0.717, 1.165) is 11.3 Å². The molecule has 0 saturated carbocycles. The number of Topliss-reactive ketones (excluding diaryl/α,β-unsaturated/α-hetero) is 1. The monoisotopic (exact) mass is 444 g/mol. The fourth-order valence-corrected chi connectivity index (χ4v) is 3.68. The van der Waals surface area contributed by atoms with Gasteiger partial charge in [0.2, 0.25) is 11.0 Å². The highest BCUT2D eigenvalue weighted by Crippen LogP contribution is 2.26. The molecule has 0 unspecified atom stereocenters. The SMILES string of the molecule is Nn1c(SCC(=O)c2ccc(Cl)c(Cl)c2)nnc1-c1cc(-c2ccccc2)n[nH]1. The van der Waals surface area contributed by atoms with Crippen LogP contribution in [0, 0.1) is 0 Å². The van der Waals surface area contributed by atoms with Gasteiger partial charge in [-0.25, -0.2) is 4.68 Å². The van der Waals surface area contributed by atoms with E-state index in [1.165, 1.54) is 16.4 Å². The van der Waals surface area contributed by atoms with Crippen molar-refractivity contribution in [2.75, 3.05) is 11.6 Å². The normalized spacial score (nSPS) is 11.0. The van der Waals surface area contributed by atoms with E-state index in [4.69, 9.17) is 29.0 Å². The lowest BCUT2D eigenvalue weighted by molar-refractivity contribution is 0.102. The molecular weight excluding hydrogens is 431 g/mol. The summed E-state index contributed by atoms with van der Waals surface area (Å²) in [5.41, 5.74) is 2.84. The molecular formula is C19H14Cl2N6OS. The molecule has 3 N–H and O–H groups in total. The summed E-state index contributed by atoms with van der Waals surface area (Å²) in [5, 5.41) is 16.5. The molecule has 4 rings (SSSR count). The van der Waals surface area contributed by atoms with Crippen LogP contribution in [-0.4, -0.2) is 36.6 Å². The topological polar surface area (TPSA) is 102 Å². The molecule has 0 spiro atoms. The summed E-state index contributed by atoms with van der Waals surface area (Å²) in [5.74, 6) is 6.56. The first-order valence-corrected chi connectivity index (χ1v) is 10.2. The Morgan fingerprint density at radius 2 is 1.86 bits per heavy atom. The Kier molecular flexibility index (Phi) is 5.57. The van der Waals surface area contributed by atoms with Gasteiger partial charge in [-0.05, 0) is 24.3 Å². The van der Waals surface area contributed by atoms with Crippen LogP contribution in [0.1, 0.15) is 10.4 Å². The van der Waals surface area contributed by atoms with E-state index in [1.54, 1.807) is 18.2 Å². The van der Waals surface area contributed by atoms with Gasteiger partial charge in [0.15, 0.2) is 5.78 Å². The molecule has 0 aliphatic heterocycles. The van der Waals surface area contributed by atoms with Crippen LogP contribution in [0.5, 0.6) is 0 Å². The van der Waals surface area contributed by atoms with Crippen molar-refractivity contribution in [1.82, 2.24) is 25.1 Å². The number of carbonyl (C=O) groups is 1. The fraction of sp³-hybridized carbons (Fsp3) is 0.0526. The maximum absolute atomic E-state index is 12.4. The van der Waals surface area contributed by atoms with Crippen LogP contribution in [0.25, 0.3) is 22.8 Å². The molecule has 146 valence electrons. The number of aromatic nitrogens is 5. The smallest absolute Gasteiger partial charge is 0.210 e. The molecule has 0 saturated heterocycles. The lowest BCUT2D eigenvalue weighted by atomic mass is 10.1. The summed E-state index contributed by atoms with van der Waals surface area (Å²) in [7, 11) is 0. The minimum Gasteiger partial charge on any atom is -0.335 e. The van der Waals surface area contributed by atoms with Gasteiger partial charge >= 0.3 is 0 Å². The first kappa shape index (κ1) is 19.5. The van der Waals surface area contributed by atoms with E-state index in [-0.39, 0.29) is 11.5 Å². The quantitative estimate of drug-likeness (QED) is 0.260. The number of aromatic amines is 1. The van der Waals surface area contributed by atoms with Crippen LogP contribution in [0.2, 0.25) is 10.0 Å². The first-order chi connectivity index (χ1) is 14.0. The van der Waals surface area contributed by atoms with Crippen molar-refractivity contribution in [1.29, 1.82) is 0 Å². The van der Waals surface area contributed by atoms with Crippen LogP contribution >= 0.6 is 35.0 Å². The number of hydrogen-bond donors (Lipinski definition) is 2. The van der Waals surface area contributed by atoms with Crippen LogP contribution in [0.4, 0.5) is 0 Å². The van der Waals surface area contributed by atoms with Gasteiger partial charge in [0.05, 0.1) is 21.5 Å². The van der Waals surface area contributed by atoms with Gasteiger partial charge in [-0.3, -0.25) is 9.89 Å². The van der Waals surface area contributed by atoms with Gasteiger partial charge in [-0.1, -0.05) is 65.3 Å². The van der Waals surface area contributed by atoms with Crippen molar-refractivity contribution < 1.29 is 4.79 Å². The van der Waals surface area contributed by atoms with E-state index < -0.39 is 0 Å². The second kappa shape index (κ2) is 8.28. The Morgan fingerprint density at radius 1 is 1.07 bits per heavy atom. The predicted octanol–water partition coefficient (Wildman–Crippen LogP) is 4.33. The van der Waals surface area contributed by atoms with Crippen molar-refractivity contribution in [2.24, 2.45) is 0 Å². The fourth-order valence-electron chi connectivity index (χ4n) is 2.64. The Labute approximate surface area is 180 Å². The number of halogens is 2. The molecule has 2 aromatic carbocycles. The Morgan fingerprint density at radius 3 is 2.62 bits per heavy atom. The molecule has 4 aromatic rings. The summed E-state index contributed by atoms with van der Waals surface area (Å²) < 4.78 is 1.33. The Bertz CT molecular complexity index is 1170. The van der Waals surface area contributed by atoms with Crippen LogP contribution in [-0.2, 0) is 0 Å². The minimum absolute atomic E-state index is 0.119. The van der Waals surface area contributed by atoms with E-state index >= 15 is 0 Å². The Balaban J connectivity index is 1.48. The number of nitrogens with two attached hydrogens (primary N) is 1. The molecule has 0 atom stereocenters. The van der Waals surface area contributed by atoms with Crippen LogP contribution in [0.15, 0.2) is 59.8 Å². The van der Waals surface area contributed by atoms with Gasteiger partial charge in [0, 0.05) is 11.1 Å². The minimum atomic E-state index is -0.119. The number of thioether (sulfide) groups is 1. The molecule has 0 bridgehead atoms. The molecule has 0 fully saturated rings. The van der Waals surface area contributed by atoms with E-state index in [0.29, 0.717) is 32.3 Å². The van der Waals surface area contributed by atoms with Crippen molar-refractivity contribution >= 4 is 40.7 Å². The van der Waals surface area contributed by atoms with Crippen molar-refractivity contribution in [2.45, 2.75) is 5.16 Å². The van der Waals surface area contributed by atoms with Gasteiger partial charge in [0.25, 0.3) is 0 Å². The van der Waals surface area contributed by atoms with Gasteiger partial charge in [0.1, 0.15) is 5.69 Å². The number of benzene rings is 2. The molecule has 0 radical (unpaired) electrons. The zero-order valence-electron chi connectivity index (χ0n) is 14.8. The summed E-state index contributed by atoms with van der Waals surface area (Å²) in [6.45, 7) is 0. The summed E-state index contributed by atoms with van der Waals surface area (Å²) in [6, 6.07) is 16.4. The Hall–Kier alpha value is -2.81. The third kappa shape index (κ3) is 4.14. The molecule has 7 nitrogen and oxygen atoms in total. The van der Waals surface area contributed by atoms with E-state index in [2.05, 4.69) is 20.4 Å². The van der Waals surface area contributed by atoms with E-state index in [9.17, 15) is 4.79 Å². The first-order valence-electron chi connectivity index (χ1n) is 8.45. The summed E-state index contributed by atoms with van der Waals surface area (Å²) >= 11 is 13.0. The molecule has 2 aromatic heterocycles. The largest absolute Gasteiger partial charge is 0.335 e. The average Bonchev–Trinajstić information content (AvgIpc) is 3.36. The number of nitrogens with zero attached hydrogens (tertiary/aromatic N) is 4. The number of rotatable bonds is 6. The highest BCUT2D eigenvalue weighted by Gasteiger charge is 2.17. The molecule has 2 heterocycles. The van der Waals surface area contributed by atoms with Crippen LogP contribution < -0.4 is 5.84 Å². The molecule has 0 aliphatic rings. The standard InChI is InChI=1S/C19H14Cl2N6OS/c20-13-7-6-12(8-14(13)21)17(28)10-29-19-26-25-18(27(19)22)16-9-15(23-24-16)11-4-2-1-3-5-11/h1-9H,10,22H2,(H,23,24). The number of hydrogen-bond acceptors (Lipinski definition) is 6. The second-order valence-electron chi connectivity index (χ2n) is 6.05. The number of nitrogens with one attached hydrogen (secondary N) is 1. The van der Waals surface area contributed by atoms with Crippen molar-refractivity contribution in [3.63, 3.8) is 0 Å². The number of ketones is 1. The van der Waals surface area contributed by atoms with Crippen molar-refractivity contribution in [3.8, 4) is 22.8 Å². The number of H-pyrrole nitrogens is 1.